The summed E-state index contributed by atoms with van der Waals surface area (Å²) in [5.74, 6) is 4.07. The molecule has 0 radical (unpaired) electrons. The van der Waals surface area contributed by atoms with Gasteiger partial charge in [-0.25, -0.2) is 0 Å². The molecule has 0 saturated heterocycles. The first-order valence-corrected chi connectivity index (χ1v) is 12.9. The van der Waals surface area contributed by atoms with Crippen LogP contribution in [0.5, 0.6) is 11.5 Å². The summed E-state index contributed by atoms with van der Waals surface area (Å²) in [5.41, 5.74) is 2.49. The Kier molecular flexibility index (Phi) is 14.2. The number of nitrogens with one attached hydrogen (secondary N) is 1. The van der Waals surface area contributed by atoms with Gasteiger partial charge in [0.1, 0.15) is 6.61 Å². The van der Waals surface area contributed by atoms with Crippen molar-refractivity contribution in [2.45, 2.75) is 77.7 Å². The minimum atomic E-state index is 0.252. The topological polar surface area (TPSA) is 30.5 Å². The van der Waals surface area contributed by atoms with E-state index >= 15 is 0 Å². The van der Waals surface area contributed by atoms with Gasteiger partial charge in [-0.1, -0.05) is 87.6 Å². The van der Waals surface area contributed by atoms with Gasteiger partial charge in [0, 0.05) is 11.6 Å². The summed E-state index contributed by atoms with van der Waals surface area (Å²) in [7, 11) is 0. The van der Waals surface area contributed by atoms with Gasteiger partial charge in [0.25, 0.3) is 0 Å². The highest BCUT2D eigenvalue weighted by Gasteiger charge is 2.07. The number of terminal acetylenes is 1. The third-order valence-electron chi connectivity index (χ3n) is 5.64. The van der Waals surface area contributed by atoms with Gasteiger partial charge < -0.3 is 14.8 Å². The number of halogens is 1. The third-order valence-corrected chi connectivity index (χ3v) is 5.89. The lowest BCUT2D eigenvalue weighted by atomic mass is 10.1. The Balaban J connectivity index is 1.71. The number of hydrogen-bond donors (Lipinski definition) is 1. The molecular formula is C29H40ClNO2. The van der Waals surface area contributed by atoms with Crippen LogP contribution in [-0.2, 0) is 13.0 Å². The lowest BCUT2D eigenvalue weighted by Gasteiger charge is -2.13. The van der Waals surface area contributed by atoms with Crippen molar-refractivity contribution in [2.75, 3.05) is 19.8 Å². The molecule has 180 valence electrons. The van der Waals surface area contributed by atoms with Crippen LogP contribution in [0.3, 0.4) is 0 Å². The van der Waals surface area contributed by atoms with E-state index in [0.717, 1.165) is 48.9 Å². The van der Waals surface area contributed by atoms with Gasteiger partial charge >= 0.3 is 0 Å². The van der Waals surface area contributed by atoms with Crippen molar-refractivity contribution >= 4 is 11.6 Å². The van der Waals surface area contributed by atoms with E-state index in [0.29, 0.717) is 6.61 Å². The van der Waals surface area contributed by atoms with Crippen molar-refractivity contribution in [3.05, 3.63) is 58.6 Å². The number of ether oxygens (including phenoxy) is 2. The van der Waals surface area contributed by atoms with Crippen molar-refractivity contribution < 1.29 is 9.47 Å². The normalized spacial score (nSPS) is 10.7. The zero-order chi connectivity index (χ0) is 23.6. The molecule has 0 amide bonds. The fraction of sp³-hybridized carbons (Fsp3) is 0.517. The molecule has 0 fully saturated rings. The summed E-state index contributed by atoms with van der Waals surface area (Å²) in [4.78, 5) is 0. The highest BCUT2D eigenvalue weighted by atomic mass is 35.5. The van der Waals surface area contributed by atoms with Crippen LogP contribution in [0.25, 0.3) is 0 Å². The van der Waals surface area contributed by atoms with Crippen molar-refractivity contribution in [1.82, 2.24) is 5.32 Å². The maximum Gasteiger partial charge on any atom is 0.162 e. The standard InChI is InChI=1S/C29H40ClNO2/c1-3-5-6-7-8-9-10-11-22-33-29-23-25(16-19-28(29)32-21-4-2)13-12-20-31-24-26-14-17-27(30)18-15-26/h2,14-19,23,31H,3,5-13,20-22,24H2,1H3. The highest BCUT2D eigenvalue weighted by Crippen LogP contribution is 2.29. The van der Waals surface area contributed by atoms with Crippen LogP contribution in [0.2, 0.25) is 5.02 Å². The Morgan fingerprint density at radius 3 is 2.24 bits per heavy atom. The summed E-state index contributed by atoms with van der Waals surface area (Å²) in [6.07, 6.45) is 17.7. The monoisotopic (exact) mass is 469 g/mol. The van der Waals surface area contributed by atoms with Crippen molar-refractivity contribution in [3.63, 3.8) is 0 Å². The molecule has 0 bridgehead atoms. The number of benzene rings is 2. The molecule has 4 heteroatoms. The molecule has 0 aliphatic heterocycles. The summed E-state index contributed by atoms with van der Waals surface area (Å²) in [6.45, 7) is 5.03. The summed E-state index contributed by atoms with van der Waals surface area (Å²) < 4.78 is 11.8. The molecule has 33 heavy (non-hydrogen) atoms. The molecule has 0 spiro atoms. The van der Waals surface area contributed by atoms with Crippen LogP contribution in [0.15, 0.2) is 42.5 Å². The van der Waals surface area contributed by atoms with Crippen LogP contribution in [0, 0.1) is 12.3 Å². The van der Waals surface area contributed by atoms with E-state index in [2.05, 4.69) is 42.4 Å². The van der Waals surface area contributed by atoms with Gasteiger partial charge in [-0.3, -0.25) is 0 Å². The van der Waals surface area contributed by atoms with E-state index in [1.54, 1.807) is 0 Å². The predicted octanol–water partition coefficient (Wildman–Crippen LogP) is 7.59. The fourth-order valence-corrected chi connectivity index (χ4v) is 3.86. The minimum Gasteiger partial charge on any atom is -0.490 e. The van der Waals surface area contributed by atoms with Crippen LogP contribution >= 0.6 is 11.6 Å². The summed E-state index contributed by atoms with van der Waals surface area (Å²) in [6, 6.07) is 14.2. The molecule has 0 atom stereocenters. The van der Waals surface area contributed by atoms with Crippen LogP contribution in [0.1, 0.15) is 75.8 Å². The van der Waals surface area contributed by atoms with E-state index in [9.17, 15) is 0 Å². The number of aryl methyl sites for hydroxylation is 1. The molecule has 2 aromatic carbocycles. The second-order valence-corrected chi connectivity index (χ2v) is 8.94. The van der Waals surface area contributed by atoms with Gasteiger partial charge in [-0.2, -0.15) is 0 Å². The zero-order valence-corrected chi connectivity index (χ0v) is 21.0. The quantitative estimate of drug-likeness (QED) is 0.180. The molecule has 0 heterocycles. The summed E-state index contributed by atoms with van der Waals surface area (Å²) >= 11 is 5.94. The van der Waals surface area contributed by atoms with Crippen molar-refractivity contribution in [3.8, 4) is 23.8 Å². The maximum absolute atomic E-state index is 6.09. The Morgan fingerprint density at radius 2 is 1.52 bits per heavy atom. The predicted molar refractivity (Wildman–Crippen MR) is 140 cm³/mol. The van der Waals surface area contributed by atoms with E-state index in [-0.39, 0.29) is 6.61 Å². The van der Waals surface area contributed by atoms with Gasteiger partial charge in [0.2, 0.25) is 0 Å². The lowest BCUT2D eigenvalue weighted by Crippen LogP contribution is -2.15. The maximum atomic E-state index is 6.09. The van der Waals surface area contributed by atoms with Crippen LogP contribution in [0.4, 0.5) is 0 Å². The van der Waals surface area contributed by atoms with Gasteiger partial charge in [0.15, 0.2) is 11.5 Å². The smallest absolute Gasteiger partial charge is 0.162 e. The molecule has 0 aliphatic rings. The lowest BCUT2D eigenvalue weighted by molar-refractivity contribution is 0.277. The SMILES string of the molecule is C#CCOc1ccc(CCCNCc2ccc(Cl)cc2)cc1OCCCCCCCCCC. The first-order valence-electron chi connectivity index (χ1n) is 12.5. The Bertz CT molecular complexity index is 813. The average Bonchev–Trinajstić information content (AvgIpc) is 2.83. The molecule has 0 saturated carbocycles. The van der Waals surface area contributed by atoms with Crippen molar-refractivity contribution in [1.29, 1.82) is 0 Å². The molecular weight excluding hydrogens is 430 g/mol. The third kappa shape index (κ3) is 12.0. The number of rotatable bonds is 18. The van der Waals surface area contributed by atoms with Crippen molar-refractivity contribution in [2.24, 2.45) is 0 Å². The van der Waals surface area contributed by atoms with Gasteiger partial charge in [-0.15, -0.1) is 6.42 Å². The van der Waals surface area contributed by atoms with Gasteiger partial charge in [0.05, 0.1) is 6.61 Å². The molecule has 2 rings (SSSR count). The number of unbranched alkanes of at least 4 members (excludes halogenated alkanes) is 7. The fourth-order valence-electron chi connectivity index (χ4n) is 3.73. The minimum absolute atomic E-state index is 0.252. The van der Waals surface area contributed by atoms with E-state index in [1.807, 2.05) is 18.2 Å². The Hall–Kier alpha value is -2.15. The summed E-state index contributed by atoms with van der Waals surface area (Å²) in [5, 5.41) is 4.27. The van der Waals surface area contributed by atoms with Crippen LogP contribution in [-0.4, -0.2) is 19.8 Å². The highest BCUT2D eigenvalue weighted by molar-refractivity contribution is 6.30. The molecule has 1 N–H and O–H groups in total. The first-order chi connectivity index (χ1) is 16.2. The molecule has 3 nitrogen and oxygen atoms in total. The Morgan fingerprint density at radius 1 is 0.818 bits per heavy atom. The molecule has 0 unspecified atom stereocenters. The van der Waals surface area contributed by atoms with E-state index in [1.165, 1.54) is 56.1 Å². The largest absolute Gasteiger partial charge is 0.490 e. The van der Waals surface area contributed by atoms with E-state index in [4.69, 9.17) is 27.5 Å². The number of hydrogen-bond acceptors (Lipinski definition) is 3. The second kappa shape index (κ2) is 17.3. The Labute approximate surface area is 206 Å². The molecule has 2 aromatic rings. The molecule has 0 aliphatic carbocycles. The average molecular weight is 470 g/mol. The van der Waals surface area contributed by atoms with Gasteiger partial charge in [-0.05, 0) is 61.2 Å². The zero-order valence-electron chi connectivity index (χ0n) is 20.2. The first kappa shape index (κ1) is 27.1. The van der Waals surface area contributed by atoms with E-state index < -0.39 is 0 Å². The second-order valence-electron chi connectivity index (χ2n) is 8.50. The molecule has 0 aromatic heterocycles. The van der Waals surface area contributed by atoms with Crippen LogP contribution < -0.4 is 14.8 Å².